The lowest BCUT2D eigenvalue weighted by molar-refractivity contribution is -0.193. The van der Waals surface area contributed by atoms with Crippen molar-refractivity contribution in [3.8, 4) is 0 Å². The fourth-order valence-corrected chi connectivity index (χ4v) is 5.54. The normalized spacial score (nSPS) is 15.9. The quantitative estimate of drug-likeness (QED) is 0.224. The number of nitrogens with one attached hydrogen (secondary N) is 3. The number of carboxylic acid groups (broad SMARTS) is 2. The van der Waals surface area contributed by atoms with Gasteiger partial charge in [-0.25, -0.2) is 27.3 Å². The van der Waals surface area contributed by atoms with Crippen LogP contribution in [-0.2, 0) is 37.2 Å². The molecule has 0 aliphatic carbocycles. The Morgan fingerprint density at radius 1 is 0.980 bits per heavy atom. The number of pyridine rings is 1. The van der Waals surface area contributed by atoms with Crippen LogP contribution in [0.3, 0.4) is 0 Å². The molecule has 0 spiro atoms. The Bertz CT molecular complexity index is 1810. The maximum Gasteiger partial charge on any atom is 0.490 e. The second-order valence-corrected chi connectivity index (χ2v) is 13.1. The number of carbonyl (C=O) groups is 3. The molecule has 3 aromatic rings. The number of carbonyl (C=O) groups excluding carboxylic acids is 1. The summed E-state index contributed by atoms with van der Waals surface area (Å²) in [6.45, 7) is 0.832. The third-order valence-electron chi connectivity index (χ3n) is 6.80. The van der Waals surface area contributed by atoms with Crippen molar-refractivity contribution >= 4 is 68.3 Å². The van der Waals surface area contributed by atoms with E-state index >= 15 is 0 Å². The number of sulfonamides is 1. The number of amides is 1. The van der Waals surface area contributed by atoms with E-state index in [-0.39, 0.29) is 18.2 Å². The zero-order chi connectivity index (χ0) is 37.4. The van der Waals surface area contributed by atoms with Gasteiger partial charge in [-0.3, -0.25) is 9.78 Å². The van der Waals surface area contributed by atoms with Crippen molar-refractivity contribution in [1.82, 2.24) is 19.3 Å². The molecule has 2 aromatic heterocycles. The highest BCUT2D eigenvalue weighted by atomic mass is 35.5. The first-order chi connectivity index (χ1) is 23.1. The number of nitrogens with zero attached hydrogens (tertiary/aromatic N) is 4. The fraction of sp³-hybridized carbons (Fsp3) is 0.357. The van der Waals surface area contributed by atoms with E-state index in [1.165, 1.54) is 16.8 Å². The summed E-state index contributed by atoms with van der Waals surface area (Å²) in [5.74, 6) is -4.80. The van der Waals surface area contributed by atoms with E-state index in [4.69, 9.17) is 31.4 Å². The van der Waals surface area contributed by atoms with Gasteiger partial charge in [-0.1, -0.05) is 11.6 Å². The van der Waals surface area contributed by atoms with Crippen molar-refractivity contribution in [3.63, 3.8) is 0 Å². The zero-order valence-electron chi connectivity index (χ0n) is 25.6. The third-order valence-corrected chi connectivity index (χ3v) is 8.34. The van der Waals surface area contributed by atoms with Gasteiger partial charge in [0.2, 0.25) is 21.9 Å². The minimum atomic E-state index is -5.08. The topological polar surface area (TPSA) is 204 Å². The Hall–Kier alpha value is -4.76. The zero-order valence-corrected chi connectivity index (χ0v) is 27.2. The minimum Gasteiger partial charge on any atom is -0.475 e. The van der Waals surface area contributed by atoms with Gasteiger partial charge >= 0.3 is 24.3 Å². The van der Waals surface area contributed by atoms with E-state index in [0.29, 0.717) is 49.1 Å². The average Bonchev–Trinajstić information content (AvgIpc) is 3.47. The van der Waals surface area contributed by atoms with Gasteiger partial charge in [0.1, 0.15) is 5.02 Å². The summed E-state index contributed by atoms with van der Waals surface area (Å²) in [5.41, 5.74) is 4.23. The van der Waals surface area contributed by atoms with Crippen LogP contribution in [0.2, 0.25) is 5.02 Å². The summed E-state index contributed by atoms with van der Waals surface area (Å²) >= 11 is 6.33. The van der Waals surface area contributed by atoms with Crippen LogP contribution in [0.5, 0.6) is 0 Å². The number of fused-ring (bicyclic) bond motifs is 6. The van der Waals surface area contributed by atoms with Crippen molar-refractivity contribution in [1.29, 1.82) is 0 Å². The largest absolute Gasteiger partial charge is 0.490 e. The first kappa shape index (κ1) is 39.7. The number of aryl methyl sites for hydroxylation is 2. The summed E-state index contributed by atoms with van der Waals surface area (Å²) in [6.07, 6.45) is -1.61. The van der Waals surface area contributed by atoms with Crippen LogP contribution in [0.15, 0.2) is 42.9 Å². The van der Waals surface area contributed by atoms with Crippen LogP contribution in [-0.4, -0.2) is 87.4 Å². The van der Waals surface area contributed by atoms with Gasteiger partial charge in [-0.2, -0.15) is 31.3 Å². The summed E-state index contributed by atoms with van der Waals surface area (Å²) in [7, 11) is -3.24. The monoisotopic (exact) mass is 755 g/mol. The van der Waals surface area contributed by atoms with Gasteiger partial charge in [-0.05, 0) is 60.6 Å². The molecule has 0 radical (unpaired) electrons. The van der Waals surface area contributed by atoms with Crippen LogP contribution >= 0.6 is 11.6 Å². The van der Waals surface area contributed by atoms with Gasteiger partial charge in [0, 0.05) is 37.1 Å². The number of hydrogen-bond acceptors (Lipinski definition) is 10. The van der Waals surface area contributed by atoms with Gasteiger partial charge in [0.05, 0.1) is 24.3 Å². The fourth-order valence-electron chi connectivity index (χ4n) is 4.48. The average molecular weight is 756 g/mol. The summed E-state index contributed by atoms with van der Waals surface area (Å²) in [4.78, 5) is 43.7. The molecule has 0 unspecified atom stereocenters. The minimum absolute atomic E-state index is 0.00106. The molecule has 5 N–H and O–H groups in total. The molecule has 1 aromatic carbocycles. The van der Waals surface area contributed by atoms with Gasteiger partial charge in [-0.15, -0.1) is 0 Å². The lowest BCUT2D eigenvalue weighted by Crippen LogP contribution is -2.28. The molecule has 14 nitrogen and oxygen atoms in total. The molecule has 4 heterocycles. The molecular formula is C28H28ClF6N7O7S. The standard InChI is InChI=1S/C24H26ClN7O3S.2C2HF3O2/c1-36(34,35)32-7-6-16(14-32)9-22(33)30-21-5-4-18-10-17(21)3-2-15-8-19(12-26-11-15)29-24-27-13-20(25)23(28-18)31-24;2*3-2(4,5)1(6)7/h4-5,8,10-13,16H,2-3,6-7,9,14H2,1H3,(H,30,33)(H2,27,28,29,31);2*(H,6,7)/t16-;;/m0../s1. The molecule has 50 heavy (non-hydrogen) atoms. The molecule has 2 aliphatic rings. The van der Waals surface area contributed by atoms with Crippen molar-refractivity contribution in [2.75, 3.05) is 35.3 Å². The number of aromatic nitrogens is 3. The number of benzene rings is 1. The first-order valence-electron chi connectivity index (χ1n) is 14.1. The first-order valence-corrected chi connectivity index (χ1v) is 16.3. The number of anilines is 5. The molecular weight excluding hydrogens is 728 g/mol. The molecule has 5 rings (SSSR count). The van der Waals surface area contributed by atoms with Crippen LogP contribution in [0.25, 0.3) is 0 Å². The number of halogens is 7. The van der Waals surface area contributed by atoms with Crippen molar-refractivity contribution in [3.05, 3.63) is 59.0 Å². The maximum atomic E-state index is 12.9. The Morgan fingerprint density at radius 2 is 1.62 bits per heavy atom. The molecule has 22 heteroatoms. The second-order valence-electron chi connectivity index (χ2n) is 10.7. The summed E-state index contributed by atoms with van der Waals surface area (Å²) in [6, 6.07) is 7.67. The van der Waals surface area contributed by atoms with Crippen molar-refractivity contribution < 1.29 is 59.4 Å². The lowest BCUT2D eigenvalue weighted by Gasteiger charge is -2.16. The second kappa shape index (κ2) is 16.3. The van der Waals surface area contributed by atoms with Crippen molar-refractivity contribution in [2.45, 2.75) is 38.0 Å². The smallest absolute Gasteiger partial charge is 0.475 e. The highest BCUT2D eigenvalue weighted by molar-refractivity contribution is 7.88. The van der Waals surface area contributed by atoms with Crippen LogP contribution in [0.1, 0.15) is 24.0 Å². The van der Waals surface area contributed by atoms with E-state index in [1.54, 1.807) is 6.20 Å². The molecule has 1 saturated heterocycles. The molecule has 272 valence electrons. The van der Waals surface area contributed by atoms with E-state index in [2.05, 4.69) is 30.9 Å². The summed E-state index contributed by atoms with van der Waals surface area (Å²) in [5, 5.41) is 24.1. The Labute approximate surface area is 284 Å². The van der Waals surface area contributed by atoms with Crippen LogP contribution in [0.4, 0.5) is 55.2 Å². The van der Waals surface area contributed by atoms with Crippen molar-refractivity contribution in [2.24, 2.45) is 5.92 Å². The molecule has 1 atom stereocenters. The Morgan fingerprint density at radius 3 is 2.20 bits per heavy atom. The molecule has 2 aliphatic heterocycles. The van der Waals surface area contributed by atoms with Gasteiger partial charge < -0.3 is 26.2 Å². The number of alkyl halides is 6. The van der Waals surface area contributed by atoms with Crippen LogP contribution < -0.4 is 16.0 Å². The van der Waals surface area contributed by atoms with E-state index in [9.17, 15) is 39.6 Å². The van der Waals surface area contributed by atoms with E-state index in [1.807, 2.05) is 30.5 Å². The highest BCUT2D eigenvalue weighted by Gasteiger charge is 2.39. The van der Waals surface area contributed by atoms with E-state index in [0.717, 1.165) is 28.2 Å². The molecule has 1 fully saturated rings. The lowest BCUT2D eigenvalue weighted by atomic mass is 10.0. The number of rotatable bonds is 4. The molecule has 6 bridgehead atoms. The van der Waals surface area contributed by atoms with E-state index < -0.39 is 34.3 Å². The number of aliphatic carboxylic acids is 2. The Balaban J connectivity index is 0.000000408. The highest BCUT2D eigenvalue weighted by Crippen LogP contribution is 2.30. The van der Waals surface area contributed by atoms with Crippen LogP contribution in [0, 0.1) is 5.92 Å². The Kier molecular flexibility index (Phi) is 12.9. The summed E-state index contributed by atoms with van der Waals surface area (Å²) < 4.78 is 88.5. The number of carboxylic acids is 2. The molecule has 1 amide bonds. The van der Waals surface area contributed by atoms with Gasteiger partial charge in [0.15, 0.2) is 5.82 Å². The number of hydrogen-bond donors (Lipinski definition) is 5. The predicted molar refractivity (Wildman–Crippen MR) is 167 cm³/mol. The SMILES string of the molecule is CS(=O)(=O)N1CC[C@@H](CC(=O)Nc2ccc3cc2CCc2cncc(c2)Nc2ncc(Cl)c(n2)N3)C1.O=C(O)C(F)(F)F.O=C(O)C(F)(F)F. The van der Waals surface area contributed by atoms with Gasteiger partial charge in [0.25, 0.3) is 0 Å². The maximum absolute atomic E-state index is 12.9. The third kappa shape index (κ3) is 12.3. The molecule has 0 saturated carbocycles. The predicted octanol–water partition coefficient (Wildman–Crippen LogP) is 4.99.